The van der Waals surface area contributed by atoms with E-state index in [1.54, 1.807) is 30.3 Å². The molecule has 0 aliphatic heterocycles. The van der Waals surface area contributed by atoms with Gasteiger partial charge in [-0.05, 0) is 5.56 Å². The van der Waals surface area contributed by atoms with Crippen LogP contribution in [0.5, 0.6) is 0 Å². The van der Waals surface area contributed by atoms with E-state index >= 15 is 0 Å². The number of halogens is 3. The number of nitrogens with zero attached hydrogens (tertiary/aromatic N) is 1. The van der Waals surface area contributed by atoms with Crippen LogP contribution >= 0.6 is 0 Å². The number of hydrogen-bond donors (Lipinski definition) is 2. The second kappa shape index (κ2) is 6.25. The number of ether oxygens (including phenoxy) is 1. The molecule has 100 valence electrons. The number of hydrogen-bond acceptors (Lipinski definition) is 3. The van der Waals surface area contributed by atoms with Gasteiger partial charge in [0.15, 0.2) is 5.84 Å². The van der Waals surface area contributed by atoms with Crippen LogP contribution in [0.3, 0.4) is 0 Å². The van der Waals surface area contributed by atoms with Gasteiger partial charge in [0.25, 0.3) is 0 Å². The number of rotatable bonds is 5. The molecule has 0 fully saturated rings. The summed E-state index contributed by atoms with van der Waals surface area (Å²) >= 11 is 0. The second-order valence-corrected chi connectivity index (χ2v) is 3.62. The average molecular weight is 262 g/mol. The van der Waals surface area contributed by atoms with Gasteiger partial charge in [0, 0.05) is 0 Å². The number of oxime groups is 1. The van der Waals surface area contributed by atoms with E-state index in [-0.39, 0.29) is 6.61 Å². The smallest absolute Gasteiger partial charge is 0.401 e. The fourth-order valence-electron chi connectivity index (χ4n) is 1.29. The highest BCUT2D eigenvalue weighted by molar-refractivity contribution is 5.83. The average Bonchev–Trinajstić information content (AvgIpc) is 2.33. The third kappa shape index (κ3) is 4.25. The van der Waals surface area contributed by atoms with Gasteiger partial charge in [0.2, 0.25) is 0 Å². The highest BCUT2D eigenvalue weighted by Gasteiger charge is 2.43. The van der Waals surface area contributed by atoms with Crippen LogP contribution in [0.1, 0.15) is 5.56 Å². The van der Waals surface area contributed by atoms with Crippen LogP contribution < -0.4 is 5.73 Å². The minimum atomic E-state index is -4.60. The van der Waals surface area contributed by atoms with Crippen LogP contribution in [-0.2, 0) is 11.3 Å². The molecule has 1 unspecified atom stereocenters. The molecule has 0 amide bonds. The summed E-state index contributed by atoms with van der Waals surface area (Å²) in [5.41, 5.74) is 5.73. The molecular formula is C11H13F3N2O2. The largest absolute Gasteiger partial charge is 0.409 e. The molecule has 0 spiro atoms. The lowest BCUT2D eigenvalue weighted by Gasteiger charge is -2.18. The Morgan fingerprint density at radius 2 is 1.94 bits per heavy atom. The van der Waals surface area contributed by atoms with E-state index in [2.05, 4.69) is 5.16 Å². The first kappa shape index (κ1) is 14.3. The van der Waals surface area contributed by atoms with E-state index in [9.17, 15) is 13.2 Å². The Bertz CT molecular complexity index is 393. The van der Waals surface area contributed by atoms with Gasteiger partial charge >= 0.3 is 6.18 Å². The Hall–Kier alpha value is -1.76. The van der Waals surface area contributed by atoms with Gasteiger partial charge in [-0.25, -0.2) is 0 Å². The second-order valence-electron chi connectivity index (χ2n) is 3.62. The number of benzene rings is 1. The van der Waals surface area contributed by atoms with E-state index in [1.807, 2.05) is 0 Å². The Kier molecular flexibility index (Phi) is 4.96. The van der Waals surface area contributed by atoms with Gasteiger partial charge < -0.3 is 15.7 Å². The molecule has 0 saturated carbocycles. The van der Waals surface area contributed by atoms with Gasteiger partial charge in [-0.3, -0.25) is 0 Å². The minimum Gasteiger partial charge on any atom is -0.409 e. The van der Waals surface area contributed by atoms with E-state index in [4.69, 9.17) is 15.7 Å². The molecule has 0 bridgehead atoms. The molecule has 1 rings (SSSR count). The fourth-order valence-corrected chi connectivity index (χ4v) is 1.29. The molecule has 1 aromatic rings. The zero-order valence-electron chi connectivity index (χ0n) is 9.39. The van der Waals surface area contributed by atoms with Crippen molar-refractivity contribution < 1.29 is 23.1 Å². The van der Waals surface area contributed by atoms with Crippen LogP contribution in [-0.4, -0.2) is 23.8 Å². The van der Waals surface area contributed by atoms with Crippen LogP contribution in [0.2, 0.25) is 0 Å². The standard InChI is InChI=1S/C11H13F3N2O2/c12-11(13,14)9(10(15)16-17)7-18-6-8-4-2-1-3-5-8/h1-5,9,17H,6-7H2,(H2,15,16). The van der Waals surface area contributed by atoms with Gasteiger partial charge in [-0.2, -0.15) is 13.2 Å². The van der Waals surface area contributed by atoms with E-state index < -0.39 is 24.5 Å². The molecule has 0 aliphatic rings. The van der Waals surface area contributed by atoms with Crippen molar-refractivity contribution in [2.45, 2.75) is 12.8 Å². The molecule has 0 heterocycles. The van der Waals surface area contributed by atoms with E-state index in [0.29, 0.717) is 0 Å². The maximum absolute atomic E-state index is 12.5. The highest BCUT2D eigenvalue weighted by Crippen LogP contribution is 2.26. The molecule has 0 aliphatic carbocycles. The Balaban J connectivity index is 2.54. The van der Waals surface area contributed by atoms with Crippen molar-refractivity contribution in [3.63, 3.8) is 0 Å². The molecule has 18 heavy (non-hydrogen) atoms. The third-order valence-corrected chi connectivity index (χ3v) is 2.26. The maximum Gasteiger partial charge on any atom is 0.401 e. The molecule has 1 aromatic carbocycles. The van der Waals surface area contributed by atoms with Crippen LogP contribution in [0.15, 0.2) is 35.5 Å². The lowest BCUT2D eigenvalue weighted by Crippen LogP contribution is -2.39. The minimum absolute atomic E-state index is 0.0339. The summed E-state index contributed by atoms with van der Waals surface area (Å²) in [6.45, 7) is -0.652. The predicted molar refractivity (Wildman–Crippen MR) is 59.1 cm³/mol. The fraction of sp³-hybridized carbons (Fsp3) is 0.364. The molecular weight excluding hydrogens is 249 g/mol. The van der Waals surface area contributed by atoms with Gasteiger partial charge in [0.1, 0.15) is 5.92 Å². The summed E-state index contributed by atoms with van der Waals surface area (Å²) in [7, 11) is 0. The van der Waals surface area contributed by atoms with Crippen molar-refractivity contribution in [3.8, 4) is 0 Å². The summed E-state index contributed by atoms with van der Waals surface area (Å²) in [5.74, 6) is -3.01. The quantitative estimate of drug-likeness (QED) is 0.369. The van der Waals surface area contributed by atoms with Crippen molar-refractivity contribution in [1.82, 2.24) is 0 Å². The van der Waals surface area contributed by atoms with Gasteiger partial charge in [0.05, 0.1) is 13.2 Å². The van der Waals surface area contributed by atoms with E-state index in [0.717, 1.165) is 5.56 Å². The summed E-state index contributed by atoms with van der Waals surface area (Å²) in [6, 6.07) is 8.75. The number of nitrogens with two attached hydrogens (primary N) is 1. The van der Waals surface area contributed by atoms with Crippen molar-refractivity contribution in [2.75, 3.05) is 6.61 Å². The zero-order valence-corrected chi connectivity index (χ0v) is 9.39. The monoisotopic (exact) mass is 262 g/mol. The number of alkyl halides is 3. The topological polar surface area (TPSA) is 67.8 Å². The zero-order chi connectivity index (χ0) is 13.6. The lowest BCUT2D eigenvalue weighted by molar-refractivity contribution is -0.169. The summed E-state index contributed by atoms with van der Waals surface area (Å²) in [6.07, 6.45) is -4.60. The highest BCUT2D eigenvalue weighted by atomic mass is 19.4. The molecule has 1 atom stereocenters. The summed E-state index contributed by atoms with van der Waals surface area (Å²) in [4.78, 5) is 0. The molecule has 0 aromatic heterocycles. The molecule has 4 nitrogen and oxygen atoms in total. The van der Waals surface area contributed by atoms with Crippen molar-refractivity contribution in [3.05, 3.63) is 35.9 Å². The summed E-state index contributed by atoms with van der Waals surface area (Å²) in [5, 5.41) is 10.7. The van der Waals surface area contributed by atoms with Gasteiger partial charge in [-0.1, -0.05) is 35.5 Å². The van der Waals surface area contributed by atoms with Crippen LogP contribution in [0.4, 0.5) is 13.2 Å². The van der Waals surface area contributed by atoms with Crippen molar-refractivity contribution >= 4 is 5.84 Å². The first-order valence-electron chi connectivity index (χ1n) is 5.11. The van der Waals surface area contributed by atoms with Crippen molar-refractivity contribution in [1.29, 1.82) is 0 Å². The van der Waals surface area contributed by atoms with Crippen molar-refractivity contribution in [2.24, 2.45) is 16.8 Å². The normalized spacial score (nSPS) is 14.5. The Morgan fingerprint density at radius 1 is 1.33 bits per heavy atom. The Labute approximate surface area is 102 Å². The third-order valence-electron chi connectivity index (χ3n) is 2.26. The Morgan fingerprint density at radius 3 is 2.44 bits per heavy atom. The molecule has 0 radical (unpaired) electrons. The maximum atomic E-state index is 12.5. The van der Waals surface area contributed by atoms with E-state index in [1.165, 1.54) is 0 Å². The molecule has 0 saturated heterocycles. The predicted octanol–water partition coefficient (Wildman–Crippen LogP) is 2.13. The first-order chi connectivity index (χ1) is 8.45. The van der Waals surface area contributed by atoms with Gasteiger partial charge in [-0.15, -0.1) is 0 Å². The molecule has 3 N–H and O–H groups in total. The lowest BCUT2D eigenvalue weighted by atomic mass is 10.1. The summed E-state index contributed by atoms with van der Waals surface area (Å²) < 4.78 is 42.5. The molecule has 7 heteroatoms. The SMILES string of the molecule is N/C(=N/O)C(COCc1ccccc1)C(F)(F)F. The van der Waals surface area contributed by atoms with Crippen LogP contribution in [0, 0.1) is 5.92 Å². The number of amidine groups is 1. The first-order valence-corrected chi connectivity index (χ1v) is 5.11. The van der Waals surface area contributed by atoms with Crippen LogP contribution in [0.25, 0.3) is 0 Å².